The number of carbonyl (C=O) groups is 1. The van der Waals surface area contributed by atoms with Crippen LogP contribution >= 0.6 is 0 Å². The molecule has 1 heterocycles. The monoisotopic (exact) mass is 227 g/mol. The molecule has 1 fully saturated rings. The molecule has 0 spiro atoms. The average molecular weight is 227 g/mol. The van der Waals surface area contributed by atoms with E-state index < -0.39 is 0 Å². The maximum atomic E-state index is 11.8. The zero-order valence-corrected chi connectivity index (χ0v) is 11.2. The Hall–Kier alpha value is -0.730. The molecule has 0 aromatic carbocycles. The van der Waals surface area contributed by atoms with Gasteiger partial charge < -0.3 is 9.64 Å². The number of carbonyl (C=O) groups excluding carboxylic acids is 1. The molecule has 0 aromatic rings. The quantitative estimate of drug-likeness (QED) is 0.724. The minimum Gasteiger partial charge on any atom is -0.444 e. The Morgan fingerprint density at radius 2 is 2.06 bits per heavy atom. The Morgan fingerprint density at radius 3 is 2.56 bits per heavy atom. The molecule has 0 N–H and O–H groups in total. The molecule has 3 heteroatoms. The summed E-state index contributed by atoms with van der Waals surface area (Å²) in [7, 11) is 0. The van der Waals surface area contributed by atoms with Gasteiger partial charge in [-0.15, -0.1) is 0 Å². The van der Waals surface area contributed by atoms with Crippen LogP contribution in [0.1, 0.15) is 47.5 Å². The molecule has 94 valence electrons. The lowest BCUT2D eigenvalue weighted by Gasteiger charge is -2.24. The second-order valence-electron chi connectivity index (χ2n) is 6.21. The number of amides is 1. The second kappa shape index (κ2) is 5.07. The van der Waals surface area contributed by atoms with Crippen molar-refractivity contribution in [3.05, 3.63) is 0 Å². The number of likely N-dealkylation sites (tertiary alicyclic amines) is 1. The number of ether oxygens (including phenoxy) is 1. The zero-order chi connectivity index (χ0) is 12.3. The van der Waals surface area contributed by atoms with Crippen LogP contribution in [-0.4, -0.2) is 29.7 Å². The van der Waals surface area contributed by atoms with E-state index in [9.17, 15) is 4.79 Å². The lowest BCUT2D eigenvalue weighted by Crippen LogP contribution is -2.35. The first-order valence-electron chi connectivity index (χ1n) is 6.26. The minimum atomic E-state index is -0.382. The summed E-state index contributed by atoms with van der Waals surface area (Å²) in [6.45, 7) is 11.9. The zero-order valence-electron chi connectivity index (χ0n) is 11.2. The van der Waals surface area contributed by atoms with Crippen molar-refractivity contribution in [2.75, 3.05) is 13.1 Å². The molecule has 1 amide bonds. The summed E-state index contributed by atoms with van der Waals surface area (Å²) < 4.78 is 5.36. The van der Waals surface area contributed by atoms with Crippen molar-refractivity contribution in [3.8, 4) is 0 Å². The van der Waals surface area contributed by atoms with Crippen molar-refractivity contribution >= 4 is 6.09 Å². The van der Waals surface area contributed by atoms with E-state index in [1.807, 2.05) is 25.7 Å². The topological polar surface area (TPSA) is 29.5 Å². The maximum absolute atomic E-state index is 11.8. The van der Waals surface area contributed by atoms with E-state index in [-0.39, 0.29) is 11.7 Å². The lowest BCUT2D eigenvalue weighted by molar-refractivity contribution is 0.0286. The molecule has 1 aliphatic rings. The summed E-state index contributed by atoms with van der Waals surface area (Å²) in [5, 5.41) is 0. The molecular weight excluding hydrogens is 202 g/mol. The van der Waals surface area contributed by atoms with E-state index in [0.29, 0.717) is 11.8 Å². The normalized spacial score (nSPS) is 21.6. The van der Waals surface area contributed by atoms with Gasteiger partial charge in [-0.2, -0.15) is 0 Å². The Morgan fingerprint density at radius 1 is 1.44 bits per heavy atom. The highest BCUT2D eigenvalue weighted by Gasteiger charge is 2.29. The van der Waals surface area contributed by atoms with Crippen LogP contribution in [0, 0.1) is 11.8 Å². The van der Waals surface area contributed by atoms with Crippen LogP contribution in [0.3, 0.4) is 0 Å². The van der Waals surface area contributed by atoms with Crippen molar-refractivity contribution < 1.29 is 9.53 Å². The number of nitrogens with zero attached hydrogens (tertiary/aromatic N) is 1. The van der Waals surface area contributed by atoms with Gasteiger partial charge in [0, 0.05) is 13.1 Å². The molecule has 0 radical (unpaired) electrons. The first-order chi connectivity index (χ1) is 7.28. The highest BCUT2D eigenvalue weighted by Crippen LogP contribution is 2.24. The molecule has 0 unspecified atom stereocenters. The first kappa shape index (κ1) is 13.3. The van der Waals surface area contributed by atoms with Crippen molar-refractivity contribution in [2.24, 2.45) is 11.8 Å². The van der Waals surface area contributed by atoms with Crippen LogP contribution in [0.4, 0.5) is 4.79 Å². The van der Waals surface area contributed by atoms with Crippen LogP contribution < -0.4 is 0 Å². The van der Waals surface area contributed by atoms with E-state index >= 15 is 0 Å². The fourth-order valence-corrected chi connectivity index (χ4v) is 2.18. The lowest BCUT2D eigenvalue weighted by atomic mass is 9.97. The van der Waals surface area contributed by atoms with Crippen molar-refractivity contribution in [1.82, 2.24) is 4.90 Å². The summed E-state index contributed by atoms with van der Waals surface area (Å²) in [6, 6.07) is 0. The Labute approximate surface area is 99.1 Å². The summed E-state index contributed by atoms with van der Waals surface area (Å²) >= 11 is 0. The molecule has 0 bridgehead atoms. The Bertz CT molecular complexity index is 243. The number of hydrogen-bond donors (Lipinski definition) is 0. The van der Waals surface area contributed by atoms with E-state index in [1.54, 1.807) is 0 Å². The third-order valence-corrected chi connectivity index (χ3v) is 2.74. The summed E-state index contributed by atoms with van der Waals surface area (Å²) in [4.78, 5) is 13.6. The SMILES string of the molecule is CC(C)C[C@H]1CCN(C(=O)OC(C)(C)C)C1. The van der Waals surface area contributed by atoms with Crippen molar-refractivity contribution in [1.29, 1.82) is 0 Å². The van der Waals surface area contributed by atoms with Gasteiger partial charge in [-0.1, -0.05) is 13.8 Å². The fourth-order valence-electron chi connectivity index (χ4n) is 2.18. The molecule has 1 rings (SSSR count). The average Bonchev–Trinajstić information content (AvgIpc) is 2.48. The Kier molecular flexibility index (Phi) is 4.22. The van der Waals surface area contributed by atoms with Crippen molar-refractivity contribution in [3.63, 3.8) is 0 Å². The van der Waals surface area contributed by atoms with Crippen LogP contribution in [0.2, 0.25) is 0 Å². The molecule has 0 aliphatic carbocycles. The maximum Gasteiger partial charge on any atom is 0.410 e. The van der Waals surface area contributed by atoms with E-state index in [4.69, 9.17) is 4.74 Å². The van der Waals surface area contributed by atoms with Gasteiger partial charge in [-0.05, 0) is 45.4 Å². The van der Waals surface area contributed by atoms with Gasteiger partial charge in [0.1, 0.15) is 5.60 Å². The van der Waals surface area contributed by atoms with Crippen molar-refractivity contribution in [2.45, 2.75) is 53.1 Å². The van der Waals surface area contributed by atoms with E-state index in [2.05, 4.69) is 13.8 Å². The third-order valence-electron chi connectivity index (χ3n) is 2.74. The van der Waals surface area contributed by atoms with Gasteiger partial charge in [0.25, 0.3) is 0 Å². The second-order valence-corrected chi connectivity index (χ2v) is 6.21. The molecular formula is C13H25NO2. The van der Waals surface area contributed by atoms with Crippen LogP contribution in [-0.2, 0) is 4.74 Å². The van der Waals surface area contributed by atoms with Gasteiger partial charge in [-0.3, -0.25) is 0 Å². The van der Waals surface area contributed by atoms with E-state index in [0.717, 1.165) is 19.5 Å². The summed E-state index contributed by atoms with van der Waals surface area (Å²) in [5.74, 6) is 1.37. The predicted molar refractivity (Wildman–Crippen MR) is 65.4 cm³/mol. The molecule has 1 atom stereocenters. The highest BCUT2D eigenvalue weighted by atomic mass is 16.6. The van der Waals surface area contributed by atoms with Crippen LogP contribution in [0.15, 0.2) is 0 Å². The van der Waals surface area contributed by atoms with E-state index in [1.165, 1.54) is 6.42 Å². The van der Waals surface area contributed by atoms with Gasteiger partial charge in [0.2, 0.25) is 0 Å². The molecule has 0 saturated carbocycles. The number of rotatable bonds is 2. The molecule has 1 saturated heterocycles. The molecule has 16 heavy (non-hydrogen) atoms. The fraction of sp³-hybridized carbons (Fsp3) is 0.923. The Balaban J connectivity index is 2.38. The molecule has 3 nitrogen and oxygen atoms in total. The largest absolute Gasteiger partial charge is 0.444 e. The molecule has 0 aromatic heterocycles. The van der Waals surface area contributed by atoms with Crippen LogP contribution in [0.5, 0.6) is 0 Å². The smallest absolute Gasteiger partial charge is 0.410 e. The van der Waals surface area contributed by atoms with Gasteiger partial charge in [-0.25, -0.2) is 4.79 Å². The van der Waals surface area contributed by atoms with Gasteiger partial charge >= 0.3 is 6.09 Å². The highest BCUT2D eigenvalue weighted by molar-refractivity contribution is 5.68. The standard InChI is InChI=1S/C13H25NO2/c1-10(2)8-11-6-7-14(9-11)12(15)16-13(3,4)5/h10-11H,6-9H2,1-5H3/t11-/m1/s1. The number of hydrogen-bond acceptors (Lipinski definition) is 2. The van der Waals surface area contributed by atoms with Crippen LogP contribution in [0.25, 0.3) is 0 Å². The minimum absolute atomic E-state index is 0.154. The van der Waals surface area contributed by atoms with Gasteiger partial charge in [0.15, 0.2) is 0 Å². The molecule has 1 aliphatic heterocycles. The third kappa shape index (κ3) is 4.42. The van der Waals surface area contributed by atoms with Gasteiger partial charge in [0.05, 0.1) is 0 Å². The first-order valence-corrected chi connectivity index (χ1v) is 6.26. The summed E-state index contributed by atoms with van der Waals surface area (Å²) in [5.41, 5.74) is -0.382. The summed E-state index contributed by atoms with van der Waals surface area (Å²) in [6.07, 6.45) is 2.18. The predicted octanol–water partition coefficient (Wildman–Crippen LogP) is 3.29.